The number of nitrogens with one attached hydrogen (secondary N) is 1. The van der Waals surface area contributed by atoms with Crippen LogP contribution < -0.4 is 0 Å². The number of hydrogen-bond acceptors (Lipinski definition) is 2. The number of nitrogens with zero attached hydrogens (tertiary/aromatic N) is 1. The van der Waals surface area contributed by atoms with E-state index in [0.717, 1.165) is 5.56 Å². The minimum absolute atomic E-state index is 0.0925. The first kappa shape index (κ1) is 12.8. The van der Waals surface area contributed by atoms with Gasteiger partial charge in [-0.25, -0.2) is 0 Å². The molecule has 0 bridgehead atoms. The zero-order valence-corrected chi connectivity index (χ0v) is 10.3. The molecule has 0 aliphatic carbocycles. The van der Waals surface area contributed by atoms with Crippen LogP contribution in [-0.4, -0.2) is 35.1 Å². The molecule has 1 rings (SSSR count). The number of aromatic nitrogens is 1. The molecular formula is C12H20N2O2. The molecule has 4 heteroatoms. The fourth-order valence-corrected chi connectivity index (χ4v) is 2.44. The molecule has 0 saturated heterocycles. The zero-order valence-electron chi connectivity index (χ0n) is 10.3. The second kappa shape index (κ2) is 4.70. The van der Waals surface area contributed by atoms with Crippen LogP contribution in [0, 0.1) is 5.41 Å². The molecule has 0 aliphatic heterocycles. The van der Waals surface area contributed by atoms with Crippen molar-refractivity contribution in [1.29, 1.82) is 0 Å². The van der Waals surface area contributed by atoms with Gasteiger partial charge in [0.25, 0.3) is 0 Å². The number of aromatic amines is 1. The molecule has 90 valence electrons. The number of rotatable bonds is 5. The summed E-state index contributed by atoms with van der Waals surface area (Å²) < 4.78 is 0. The Morgan fingerprint density at radius 3 is 2.56 bits per heavy atom. The van der Waals surface area contributed by atoms with Crippen molar-refractivity contribution < 1.29 is 9.90 Å². The Morgan fingerprint density at radius 1 is 1.56 bits per heavy atom. The third kappa shape index (κ3) is 2.85. The van der Waals surface area contributed by atoms with Crippen molar-refractivity contribution in [2.45, 2.75) is 26.3 Å². The van der Waals surface area contributed by atoms with Gasteiger partial charge in [0.1, 0.15) is 0 Å². The summed E-state index contributed by atoms with van der Waals surface area (Å²) in [7, 11) is 3.95. The van der Waals surface area contributed by atoms with E-state index in [9.17, 15) is 4.79 Å². The van der Waals surface area contributed by atoms with E-state index in [1.807, 2.05) is 46.4 Å². The molecule has 2 N–H and O–H groups in total. The van der Waals surface area contributed by atoms with Crippen LogP contribution in [0.5, 0.6) is 0 Å². The van der Waals surface area contributed by atoms with Crippen molar-refractivity contribution >= 4 is 5.97 Å². The zero-order chi connectivity index (χ0) is 12.3. The lowest BCUT2D eigenvalue weighted by molar-refractivity contribution is -0.140. The van der Waals surface area contributed by atoms with Gasteiger partial charge in [-0.2, -0.15) is 0 Å². The first-order valence-corrected chi connectivity index (χ1v) is 5.35. The molecule has 0 aromatic carbocycles. The molecule has 0 saturated carbocycles. The van der Waals surface area contributed by atoms with Crippen LogP contribution in [0.1, 0.15) is 31.9 Å². The highest BCUT2D eigenvalue weighted by Gasteiger charge is 2.34. The molecular weight excluding hydrogens is 204 g/mol. The Labute approximate surface area is 96.3 Å². The molecule has 1 unspecified atom stereocenters. The summed E-state index contributed by atoms with van der Waals surface area (Å²) in [6.07, 6.45) is 3.94. The second-order valence-electron chi connectivity index (χ2n) is 5.07. The SMILES string of the molecule is CN(C)C(c1cc[nH]c1)C(C)(C)CC(=O)O. The van der Waals surface area contributed by atoms with Crippen molar-refractivity contribution in [2.75, 3.05) is 14.1 Å². The first-order chi connectivity index (χ1) is 7.34. The molecule has 0 aliphatic rings. The predicted octanol–water partition coefficient (Wildman–Crippen LogP) is 2.12. The largest absolute Gasteiger partial charge is 0.481 e. The van der Waals surface area contributed by atoms with Crippen LogP contribution in [0.15, 0.2) is 18.5 Å². The fraction of sp³-hybridized carbons (Fsp3) is 0.583. The molecule has 4 nitrogen and oxygen atoms in total. The van der Waals surface area contributed by atoms with Crippen molar-refractivity contribution in [2.24, 2.45) is 5.41 Å². The molecule has 0 fully saturated rings. The van der Waals surface area contributed by atoms with Gasteiger partial charge in [0.15, 0.2) is 0 Å². The van der Waals surface area contributed by atoms with Crippen LogP contribution in [0.2, 0.25) is 0 Å². The molecule has 1 aromatic heterocycles. The predicted molar refractivity (Wildman–Crippen MR) is 63.3 cm³/mol. The second-order valence-corrected chi connectivity index (χ2v) is 5.07. The number of carboxylic acid groups (broad SMARTS) is 1. The summed E-state index contributed by atoms with van der Waals surface area (Å²) in [4.78, 5) is 16.0. The van der Waals surface area contributed by atoms with Crippen LogP contribution in [0.3, 0.4) is 0 Å². The number of hydrogen-bond donors (Lipinski definition) is 2. The molecule has 0 spiro atoms. The van der Waals surface area contributed by atoms with E-state index in [1.54, 1.807) is 0 Å². The quantitative estimate of drug-likeness (QED) is 0.805. The molecule has 1 aromatic rings. The molecule has 16 heavy (non-hydrogen) atoms. The van der Waals surface area contributed by atoms with E-state index in [4.69, 9.17) is 5.11 Å². The Kier molecular flexibility index (Phi) is 3.75. The van der Waals surface area contributed by atoms with Gasteiger partial charge < -0.3 is 15.0 Å². The Morgan fingerprint density at radius 2 is 2.19 bits per heavy atom. The number of carbonyl (C=O) groups is 1. The number of aliphatic carboxylic acids is 1. The van der Waals surface area contributed by atoms with Gasteiger partial charge in [-0.05, 0) is 31.1 Å². The highest BCUT2D eigenvalue weighted by atomic mass is 16.4. The normalized spacial score (nSPS) is 14.1. The van der Waals surface area contributed by atoms with Crippen LogP contribution in [-0.2, 0) is 4.79 Å². The Bertz CT molecular complexity index is 342. The summed E-state index contributed by atoms with van der Waals surface area (Å²) >= 11 is 0. The van der Waals surface area contributed by atoms with Crippen molar-refractivity contribution in [3.63, 3.8) is 0 Å². The van der Waals surface area contributed by atoms with E-state index in [2.05, 4.69) is 9.88 Å². The van der Waals surface area contributed by atoms with Gasteiger partial charge in [0, 0.05) is 18.4 Å². The van der Waals surface area contributed by atoms with E-state index in [-0.39, 0.29) is 17.9 Å². The summed E-state index contributed by atoms with van der Waals surface area (Å²) in [6.45, 7) is 3.97. The van der Waals surface area contributed by atoms with E-state index < -0.39 is 5.97 Å². The van der Waals surface area contributed by atoms with Crippen molar-refractivity contribution in [3.8, 4) is 0 Å². The number of carboxylic acids is 1. The third-order valence-electron chi connectivity index (χ3n) is 2.80. The monoisotopic (exact) mass is 224 g/mol. The van der Waals surface area contributed by atoms with Crippen molar-refractivity contribution in [3.05, 3.63) is 24.0 Å². The highest BCUT2D eigenvalue weighted by Crippen LogP contribution is 2.39. The fourth-order valence-electron chi connectivity index (χ4n) is 2.44. The van der Waals surface area contributed by atoms with Gasteiger partial charge in [-0.1, -0.05) is 13.8 Å². The molecule has 0 amide bonds. The van der Waals surface area contributed by atoms with E-state index in [0.29, 0.717) is 0 Å². The maximum atomic E-state index is 10.9. The summed E-state index contributed by atoms with van der Waals surface area (Å²) in [6, 6.07) is 2.09. The standard InChI is InChI=1S/C12H20N2O2/c1-12(2,7-10(15)16)11(14(3)4)9-5-6-13-8-9/h5-6,8,11,13H,7H2,1-4H3,(H,15,16). The average Bonchev–Trinajstić information content (AvgIpc) is 2.52. The summed E-state index contributed by atoms with van der Waals surface area (Å²) in [5.74, 6) is -0.757. The third-order valence-corrected chi connectivity index (χ3v) is 2.80. The van der Waals surface area contributed by atoms with Gasteiger partial charge >= 0.3 is 5.97 Å². The molecule has 0 radical (unpaired) electrons. The Hall–Kier alpha value is -1.29. The van der Waals surface area contributed by atoms with Gasteiger partial charge in [-0.15, -0.1) is 0 Å². The smallest absolute Gasteiger partial charge is 0.303 e. The van der Waals surface area contributed by atoms with Gasteiger partial charge in [0.2, 0.25) is 0 Å². The minimum atomic E-state index is -0.757. The van der Waals surface area contributed by atoms with E-state index >= 15 is 0 Å². The van der Waals surface area contributed by atoms with Crippen LogP contribution in [0.4, 0.5) is 0 Å². The van der Waals surface area contributed by atoms with Crippen molar-refractivity contribution in [1.82, 2.24) is 9.88 Å². The molecule has 1 heterocycles. The van der Waals surface area contributed by atoms with Gasteiger partial charge in [0.05, 0.1) is 6.42 Å². The first-order valence-electron chi connectivity index (χ1n) is 5.35. The number of H-pyrrole nitrogens is 1. The summed E-state index contributed by atoms with van der Waals surface area (Å²) in [5, 5.41) is 8.95. The maximum absolute atomic E-state index is 10.9. The maximum Gasteiger partial charge on any atom is 0.303 e. The van der Waals surface area contributed by atoms with Crippen LogP contribution in [0.25, 0.3) is 0 Å². The highest BCUT2D eigenvalue weighted by molar-refractivity contribution is 5.67. The lowest BCUT2D eigenvalue weighted by Gasteiger charge is -2.37. The van der Waals surface area contributed by atoms with Crippen LogP contribution >= 0.6 is 0 Å². The lowest BCUT2D eigenvalue weighted by atomic mass is 9.78. The Balaban J connectivity index is 2.98. The average molecular weight is 224 g/mol. The molecule has 1 atom stereocenters. The van der Waals surface area contributed by atoms with Gasteiger partial charge in [-0.3, -0.25) is 4.79 Å². The van der Waals surface area contributed by atoms with E-state index in [1.165, 1.54) is 0 Å². The lowest BCUT2D eigenvalue weighted by Crippen LogP contribution is -2.35. The minimum Gasteiger partial charge on any atom is -0.481 e. The topological polar surface area (TPSA) is 56.3 Å². The summed E-state index contributed by atoms with van der Waals surface area (Å²) in [5.41, 5.74) is 0.814.